The third kappa shape index (κ3) is 6.50. The number of carbonyl (C=O) groups excluding carboxylic acids is 2. The normalized spacial score (nSPS) is 11.2. The molecule has 0 fully saturated rings. The molecular formula is C24H24N2O5. The minimum absolute atomic E-state index is 0.385. The van der Waals surface area contributed by atoms with Gasteiger partial charge in [-0.05, 0) is 61.0 Å². The fraction of sp³-hybridized carbons (Fsp3) is 0.167. The van der Waals surface area contributed by atoms with Crippen LogP contribution in [0.1, 0.15) is 22.8 Å². The van der Waals surface area contributed by atoms with E-state index in [-0.39, 0.29) is 0 Å². The number of benzene rings is 3. The molecule has 0 radical (unpaired) electrons. The highest BCUT2D eigenvalue weighted by molar-refractivity contribution is 5.95. The van der Waals surface area contributed by atoms with Crippen LogP contribution in [0, 0.1) is 0 Å². The fourth-order valence-corrected chi connectivity index (χ4v) is 2.65. The highest BCUT2D eigenvalue weighted by Gasteiger charge is 2.16. The Balaban J connectivity index is 1.45. The molecule has 7 heteroatoms. The van der Waals surface area contributed by atoms with Gasteiger partial charge in [0.2, 0.25) is 0 Å². The molecule has 0 saturated heterocycles. The lowest BCUT2D eigenvalue weighted by molar-refractivity contribution is -0.128. The van der Waals surface area contributed by atoms with Gasteiger partial charge in [-0.1, -0.05) is 30.3 Å². The van der Waals surface area contributed by atoms with Crippen LogP contribution in [0.4, 0.5) is 0 Å². The number of amides is 2. The van der Waals surface area contributed by atoms with Crippen molar-refractivity contribution in [2.75, 3.05) is 7.11 Å². The van der Waals surface area contributed by atoms with Gasteiger partial charge in [0.25, 0.3) is 11.8 Å². The Morgan fingerprint density at radius 3 is 2.06 bits per heavy atom. The molecule has 3 aromatic carbocycles. The molecule has 0 aliphatic carbocycles. The van der Waals surface area contributed by atoms with E-state index in [1.165, 1.54) is 0 Å². The third-order valence-corrected chi connectivity index (χ3v) is 4.41. The molecule has 0 bridgehead atoms. The summed E-state index contributed by atoms with van der Waals surface area (Å²) in [7, 11) is 1.57. The summed E-state index contributed by atoms with van der Waals surface area (Å²) < 4.78 is 16.3. The maximum absolute atomic E-state index is 12.3. The summed E-state index contributed by atoms with van der Waals surface area (Å²) in [5.41, 5.74) is 6.19. The van der Waals surface area contributed by atoms with Crippen molar-refractivity contribution < 1.29 is 23.8 Å². The Hall–Kier alpha value is -4.00. The first-order valence-corrected chi connectivity index (χ1v) is 9.73. The van der Waals surface area contributed by atoms with E-state index >= 15 is 0 Å². The Kier molecular flexibility index (Phi) is 7.48. The maximum Gasteiger partial charge on any atom is 0.279 e. The lowest BCUT2D eigenvalue weighted by Crippen LogP contribution is -2.47. The van der Waals surface area contributed by atoms with E-state index in [2.05, 4.69) is 10.9 Å². The van der Waals surface area contributed by atoms with Crippen LogP contribution in [0.5, 0.6) is 17.2 Å². The highest BCUT2D eigenvalue weighted by Crippen LogP contribution is 2.18. The van der Waals surface area contributed by atoms with Crippen molar-refractivity contribution in [1.29, 1.82) is 0 Å². The smallest absolute Gasteiger partial charge is 0.279 e. The third-order valence-electron chi connectivity index (χ3n) is 4.41. The molecule has 160 valence electrons. The predicted molar refractivity (Wildman–Crippen MR) is 116 cm³/mol. The van der Waals surface area contributed by atoms with Gasteiger partial charge in [-0.2, -0.15) is 0 Å². The van der Waals surface area contributed by atoms with Crippen molar-refractivity contribution in [3.8, 4) is 17.2 Å². The molecule has 31 heavy (non-hydrogen) atoms. The molecule has 0 aromatic heterocycles. The molecule has 2 amide bonds. The summed E-state index contributed by atoms with van der Waals surface area (Å²) in [5.74, 6) is 0.923. The summed E-state index contributed by atoms with van der Waals surface area (Å²) >= 11 is 0. The van der Waals surface area contributed by atoms with E-state index in [1.807, 2.05) is 30.3 Å². The summed E-state index contributed by atoms with van der Waals surface area (Å²) in [6.45, 7) is 2.03. The molecule has 2 N–H and O–H groups in total. The van der Waals surface area contributed by atoms with Crippen LogP contribution in [0.3, 0.4) is 0 Å². The zero-order chi connectivity index (χ0) is 22.1. The molecular weight excluding hydrogens is 396 g/mol. The van der Waals surface area contributed by atoms with E-state index in [1.54, 1.807) is 62.6 Å². The van der Waals surface area contributed by atoms with Gasteiger partial charge >= 0.3 is 0 Å². The number of rotatable bonds is 8. The van der Waals surface area contributed by atoms with Crippen molar-refractivity contribution in [3.05, 3.63) is 90.0 Å². The van der Waals surface area contributed by atoms with Crippen molar-refractivity contribution in [2.45, 2.75) is 19.6 Å². The lowest BCUT2D eigenvalue weighted by atomic mass is 10.2. The van der Waals surface area contributed by atoms with Crippen LogP contribution in [0.2, 0.25) is 0 Å². The van der Waals surface area contributed by atoms with Gasteiger partial charge in [-0.15, -0.1) is 0 Å². The standard InChI is InChI=1S/C24H24N2O5/c1-17(31-22-14-12-20(29-2)13-15-22)23(27)25-26-24(28)19-8-10-21(11-9-19)30-16-18-6-4-3-5-7-18/h3-15,17H,16H2,1-2H3,(H,25,27)(H,26,28). The summed E-state index contributed by atoms with van der Waals surface area (Å²) in [6.07, 6.45) is -0.803. The topological polar surface area (TPSA) is 85.9 Å². The van der Waals surface area contributed by atoms with Gasteiger partial charge < -0.3 is 14.2 Å². The quantitative estimate of drug-likeness (QED) is 0.545. The van der Waals surface area contributed by atoms with Gasteiger partial charge in [0.05, 0.1) is 7.11 Å². The zero-order valence-corrected chi connectivity index (χ0v) is 17.3. The van der Waals surface area contributed by atoms with E-state index < -0.39 is 17.9 Å². The molecule has 0 spiro atoms. The van der Waals surface area contributed by atoms with E-state index in [0.29, 0.717) is 29.4 Å². The summed E-state index contributed by atoms with van der Waals surface area (Å²) in [5, 5.41) is 0. The highest BCUT2D eigenvalue weighted by atomic mass is 16.5. The largest absolute Gasteiger partial charge is 0.497 e. The zero-order valence-electron chi connectivity index (χ0n) is 17.3. The number of ether oxygens (including phenoxy) is 3. The Morgan fingerprint density at radius 2 is 1.42 bits per heavy atom. The summed E-state index contributed by atoms with van der Waals surface area (Å²) in [6, 6.07) is 23.3. The summed E-state index contributed by atoms with van der Waals surface area (Å²) in [4.78, 5) is 24.5. The van der Waals surface area contributed by atoms with Gasteiger partial charge in [0, 0.05) is 5.56 Å². The predicted octanol–water partition coefficient (Wildman–Crippen LogP) is 3.50. The molecule has 3 rings (SSSR count). The number of hydrazine groups is 1. The average Bonchev–Trinajstić information content (AvgIpc) is 2.82. The van der Waals surface area contributed by atoms with Crippen molar-refractivity contribution in [2.24, 2.45) is 0 Å². The Morgan fingerprint density at radius 1 is 0.806 bits per heavy atom. The number of hydrogen-bond donors (Lipinski definition) is 2. The number of methoxy groups -OCH3 is 1. The van der Waals surface area contributed by atoms with Crippen molar-refractivity contribution in [3.63, 3.8) is 0 Å². The molecule has 0 aliphatic rings. The number of hydrogen-bond acceptors (Lipinski definition) is 5. The van der Waals surface area contributed by atoms with Crippen LogP contribution >= 0.6 is 0 Å². The number of carbonyl (C=O) groups is 2. The van der Waals surface area contributed by atoms with Gasteiger partial charge in [-0.25, -0.2) is 0 Å². The van der Waals surface area contributed by atoms with E-state index in [0.717, 1.165) is 5.56 Å². The van der Waals surface area contributed by atoms with E-state index in [9.17, 15) is 9.59 Å². The fourth-order valence-electron chi connectivity index (χ4n) is 2.65. The second-order valence-electron chi connectivity index (χ2n) is 6.68. The molecule has 1 atom stereocenters. The first-order valence-electron chi connectivity index (χ1n) is 9.73. The first kappa shape index (κ1) is 21.7. The van der Waals surface area contributed by atoms with Crippen LogP contribution < -0.4 is 25.1 Å². The minimum atomic E-state index is -0.803. The monoisotopic (exact) mass is 420 g/mol. The van der Waals surface area contributed by atoms with Gasteiger partial charge in [0.15, 0.2) is 6.10 Å². The molecule has 3 aromatic rings. The van der Waals surface area contributed by atoms with Crippen molar-refractivity contribution >= 4 is 11.8 Å². The number of nitrogens with one attached hydrogen (secondary N) is 2. The Bertz CT molecular complexity index is 989. The van der Waals surface area contributed by atoms with Gasteiger partial charge in [-0.3, -0.25) is 20.4 Å². The molecule has 0 saturated carbocycles. The first-order chi connectivity index (χ1) is 15.0. The van der Waals surface area contributed by atoms with Crippen LogP contribution in [-0.4, -0.2) is 25.0 Å². The van der Waals surface area contributed by atoms with Crippen molar-refractivity contribution in [1.82, 2.24) is 10.9 Å². The maximum atomic E-state index is 12.3. The van der Waals surface area contributed by atoms with Crippen LogP contribution in [-0.2, 0) is 11.4 Å². The van der Waals surface area contributed by atoms with E-state index in [4.69, 9.17) is 14.2 Å². The molecule has 1 unspecified atom stereocenters. The van der Waals surface area contributed by atoms with Crippen LogP contribution in [0.15, 0.2) is 78.9 Å². The molecule has 0 heterocycles. The molecule has 0 aliphatic heterocycles. The lowest BCUT2D eigenvalue weighted by Gasteiger charge is -2.15. The average molecular weight is 420 g/mol. The van der Waals surface area contributed by atoms with Gasteiger partial charge in [0.1, 0.15) is 23.9 Å². The van der Waals surface area contributed by atoms with Crippen LogP contribution in [0.25, 0.3) is 0 Å². The Labute approximate surface area is 180 Å². The molecule has 7 nitrogen and oxygen atoms in total. The minimum Gasteiger partial charge on any atom is -0.497 e. The second kappa shape index (κ2) is 10.7. The SMILES string of the molecule is COc1ccc(OC(C)C(=O)NNC(=O)c2ccc(OCc3ccccc3)cc2)cc1. The second-order valence-corrected chi connectivity index (χ2v) is 6.68.